The molecule has 0 aliphatic carbocycles. The van der Waals surface area contributed by atoms with E-state index in [-0.39, 0.29) is 4.90 Å². The zero-order chi connectivity index (χ0) is 29.1. The highest BCUT2D eigenvalue weighted by molar-refractivity contribution is 9.10. The Labute approximate surface area is 252 Å². The van der Waals surface area contributed by atoms with Crippen LogP contribution in [0.25, 0.3) is 10.2 Å². The van der Waals surface area contributed by atoms with E-state index in [0.717, 1.165) is 32.4 Å². The van der Waals surface area contributed by atoms with Crippen LogP contribution in [0.5, 0.6) is 5.75 Å². The number of hydrogen-bond acceptors (Lipinski definition) is 7. The highest BCUT2D eigenvalue weighted by Crippen LogP contribution is 2.32. The van der Waals surface area contributed by atoms with E-state index < -0.39 is 15.9 Å². The molecule has 0 radical (unpaired) electrons. The monoisotopic (exact) mass is 654 g/mol. The second kappa shape index (κ2) is 12.4. The minimum atomic E-state index is -3.66. The maximum atomic E-state index is 13.8. The Morgan fingerprint density at radius 3 is 2.44 bits per heavy atom. The van der Waals surface area contributed by atoms with Gasteiger partial charge in [-0.15, -0.1) is 0 Å². The van der Waals surface area contributed by atoms with Gasteiger partial charge in [0.05, 0.1) is 27.9 Å². The molecule has 1 aromatic heterocycles. The number of anilines is 1. The fraction of sp³-hybridized carbons (Fsp3) is 0.300. The van der Waals surface area contributed by atoms with Gasteiger partial charge in [0.15, 0.2) is 0 Å². The van der Waals surface area contributed by atoms with E-state index in [0.29, 0.717) is 42.2 Å². The molecule has 4 aromatic rings. The molecule has 214 valence electrons. The average molecular weight is 656 g/mol. The average Bonchev–Trinajstić information content (AvgIpc) is 3.36. The Kier molecular flexibility index (Phi) is 8.88. The number of thiazole rings is 1. The summed E-state index contributed by atoms with van der Waals surface area (Å²) >= 11 is 4.83. The topological polar surface area (TPSA) is 92.2 Å². The molecule has 41 heavy (non-hydrogen) atoms. The molecule has 3 aromatic carbocycles. The molecule has 2 heterocycles. The van der Waals surface area contributed by atoms with Gasteiger partial charge in [0.2, 0.25) is 15.2 Å². The van der Waals surface area contributed by atoms with Gasteiger partial charge in [0.1, 0.15) is 5.75 Å². The van der Waals surface area contributed by atoms with Gasteiger partial charge in [-0.2, -0.15) is 14.4 Å². The standard InChI is InChI=1S/C30H31BrN4O4S2/c1-4-39-25-10-5-22(6-11-25)17-32-35(30-33-27-14-9-24(31)16-28(27)40-30)29(36)23-7-12-26(13-8-23)41(37,38)34-18-20(2)15-21(3)19-34/h5-14,16-17,20-21H,4,15,18-19H2,1-3H3/b32-17+. The fourth-order valence-corrected chi connectivity index (χ4v) is 8.10. The molecular weight excluding hydrogens is 624 g/mol. The van der Waals surface area contributed by atoms with E-state index in [9.17, 15) is 13.2 Å². The number of piperidine rings is 1. The molecular formula is C30H31BrN4O4S2. The molecule has 0 saturated carbocycles. The summed E-state index contributed by atoms with van der Waals surface area (Å²) in [5, 5.41) is 6.18. The van der Waals surface area contributed by atoms with E-state index in [1.54, 1.807) is 10.5 Å². The first-order valence-corrected chi connectivity index (χ1v) is 16.5. The van der Waals surface area contributed by atoms with Crippen LogP contribution in [-0.4, -0.2) is 49.5 Å². The van der Waals surface area contributed by atoms with Crippen LogP contribution in [0.15, 0.2) is 81.2 Å². The van der Waals surface area contributed by atoms with Crippen molar-refractivity contribution in [3.05, 3.63) is 82.3 Å². The number of hydrogen-bond donors (Lipinski definition) is 0. The number of halogens is 1. The lowest BCUT2D eigenvalue weighted by atomic mass is 9.94. The third kappa shape index (κ3) is 6.69. The second-order valence-corrected chi connectivity index (χ2v) is 14.1. The van der Waals surface area contributed by atoms with Crippen molar-refractivity contribution in [2.75, 3.05) is 24.7 Å². The van der Waals surface area contributed by atoms with Gasteiger partial charge in [-0.3, -0.25) is 4.79 Å². The molecule has 0 spiro atoms. The molecule has 11 heteroatoms. The van der Waals surface area contributed by atoms with Crippen molar-refractivity contribution in [3.8, 4) is 5.75 Å². The number of aromatic nitrogens is 1. The number of fused-ring (bicyclic) bond motifs is 1. The Balaban J connectivity index is 1.45. The van der Waals surface area contributed by atoms with Gasteiger partial charge < -0.3 is 4.74 Å². The number of benzene rings is 3. The summed E-state index contributed by atoms with van der Waals surface area (Å²) in [5.41, 5.74) is 1.82. The normalized spacial score (nSPS) is 18.1. The van der Waals surface area contributed by atoms with Crippen LogP contribution in [0.3, 0.4) is 0 Å². The van der Waals surface area contributed by atoms with Crippen molar-refractivity contribution in [1.82, 2.24) is 9.29 Å². The van der Waals surface area contributed by atoms with Crippen molar-refractivity contribution in [1.29, 1.82) is 0 Å². The highest BCUT2D eigenvalue weighted by Gasteiger charge is 2.32. The molecule has 1 saturated heterocycles. The van der Waals surface area contributed by atoms with Crippen LogP contribution in [0.4, 0.5) is 5.13 Å². The van der Waals surface area contributed by atoms with Crippen LogP contribution >= 0.6 is 27.3 Å². The molecule has 0 bridgehead atoms. The minimum absolute atomic E-state index is 0.171. The lowest BCUT2D eigenvalue weighted by Crippen LogP contribution is -2.42. The third-order valence-corrected chi connectivity index (χ3v) is 10.1. The largest absolute Gasteiger partial charge is 0.494 e. The number of sulfonamides is 1. The second-order valence-electron chi connectivity index (χ2n) is 10.3. The maximum Gasteiger partial charge on any atom is 0.280 e. The molecule has 1 aliphatic heterocycles. The van der Waals surface area contributed by atoms with Crippen LogP contribution < -0.4 is 9.75 Å². The lowest BCUT2D eigenvalue weighted by Gasteiger charge is -2.34. The Bertz CT molecular complexity index is 1660. The molecule has 0 N–H and O–H groups in total. The summed E-state index contributed by atoms with van der Waals surface area (Å²) in [6.07, 6.45) is 2.60. The van der Waals surface area contributed by atoms with Gasteiger partial charge in [-0.05, 0) is 97.5 Å². The van der Waals surface area contributed by atoms with Crippen LogP contribution in [0.1, 0.15) is 43.1 Å². The molecule has 1 fully saturated rings. The summed E-state index contributed by atoms with van der Waals surface area (Å²) in [4.78, 5) is 18.6. The zero-order valence-electron chi connectivity index (χ0n) is 23.0. The highest BCUT2D eigenvalue weighted by atomic mass is 79.9. The lowest BCUT2D eigenvalue weighted by molar-refractivity contribution is 0.0987. The number of carbonyl (C=O) groups is 1. The van der Waals surface area contributed by atoms with Gasteiger partial charge >= 0.3 is 0 Å². The van der Waals surface area contributed by atoms with E-state index in [4.69, 9.17) is 4.74 Å². The van der Waals surface area contributed by atoms with Gasteiger partial charge in [0, 0.05) is 23.1 Å². The number of hydrazone groups is 1. The van der Waals surface area contributed by atoms with Gasteiger partial charge in [0.25, 0.3) is 5.91 Å². The first-order chi connectivity index (χ1) is 19.6. The zero-order valence-corrected chi connectivity index (χ0v) is 26.2. The van der Waals surface area contributed by atoms with Crippen LogP contribution in [0, 0.1) is 11.8 Å². The third-order valence-electron chi connectivity index (χ3n) is 6.80. The van der Waals surface area contributed by atoms with E-state index in [1.807, 2.05) is 49.4 Å². The predicted octanol–water partition coefficient (Wildman–Crippen LogP) is 6.81. The smallest absolute Gasteiger partial charge is 0.280 e. The molecule has 1 amide bonds. The predicted molar refractivity (Wildman–Crippen MR) is 167 cm³/mol. The number of carbonyl (C=O) groups excluding carboxylic acids is 1. The summed E-state index contributed by atoms with van der Waals surface area (Å²) in [6, 6.07) is 19.2. The van der Waals surface area contributed by atoms with Gasteiger partial charge in [-0.1, -0.05) is 41.1 Å². The molecule has 2 unspecified atom stereocenters. The molecule has 2 atom stereocenters. The van der Waals surface area contributed by atoms with Crippen molar-refractivity contribution in [2.24, 2.45) is 16.9 Å². The fourth-order valence-electron chi connectivity index (χ4n) is 4.95. The summed E-state index contributed by atoms with van der Waals surface area (Å²) in [6.45, 7) is 7.63. The summed E-state index contributed by atoms with van der Waals surface area (Å²) < 4.78 is 35.6. The maximum absolute atomic E-state index is 13.8. The Morgan fingerprint density at radius 1 is 1.10 bits per heavy atom. The summed E-state index contributed by atoms with van der Waals surface area (Å²) in [5.74, 6) is 0.920. The molecule has 8 nitrogen and oxygen atoms in total. The first kappa shape index (κ1) is 29.4. The SMILES string of the molecule is CCOc1ccc(/C=N/N(C(=O)c2ccc(S(=O)(=O)N3CC(C)CC(C)C3)cc2)c2nc3ccc(Br)cc3s2)cc1. The van der Waals surface area contributed by atoms with E-state index in [2.05, 4.69) is 39.9 Å². The van der Waals surface area contributed by atoms with Crippen LogP contribution in [0.2, 0.25) is 0 Å². The van der Waals surface area contributed by atoms with Gasteiger partial charge in [-0.25, -0.2) is 13.4 Å². The van der Waals surface area contributed by atoms with Crippen molar-refractivity contribution in [2.45, 2.75) is 32.1 Å². The van der Waals surface area contributed by atoms with E-state index in [1.165, 1.54) is 40.6 Å². The first-order valence-electron chi connectivity index (χ1n) is 13.4. The van der Waals surface area contributed by atoms with Crippen molar-refractivity contribution in [3.63, 3.8) is 0 Å². The molecule has 5 rings (SSSR count). The van der Waals surface area contributed by atoms with Crippen molar-refractivity contribution >= 4 is 64.8 Å². The minimum Gasteiger partial charge on any atom is -0.494 e. The van der Waals surface area contributed by atoms with Crippen LogP contribution in [-0.2, 0) is 10.0 Å². The van der Waals surface area contributed by atoms with Crippen molar-refractivity contribution < 1.29 is 17.9 Å². The summed E-state index contributed by atoms with van der Waals surface area (Å²) in [7, 11) is -3.66. The van der Waals surface area contributed by atoms with E-state index >= 15 is 0 Å². The quantitative estimate of drug-likeness (QED) is 0.154. The number of nitrogens with zero attached hydrogens (tertiary/aromatic N) is 4. The Morgan fingerprint density at radius 2 is 1.78 bits per heavy atom. The number of ether oxygens (including phenoxy) is 1. The number of amides is 1. The number of rotatable bonds is 8. The molecule has 1 aliphatic rings. The Hall–Kier alpha value is -3.12.